The van der Waals surface area contributed by atoms with Crippen molar-refractivity contribution >= 4 is 81.8 Å². The van der Waals surface area contributed by atoms with Crippen LogP contribution in [0.15, 0.2) is 24.3 Å². The Hall–Kier alpha value is -1.42. The third kappa shape index (κ3) is 25.7. The second-order valence-corrected chi connectivity index (χ2v) is 25.2. The fourth-order valence-corrected chi connectivity index (χ4v) is 9.16. The van der Waals surface area contributed by atoms with E-state index in [0.29, 0.717) is 63.4 Å². The topological polar surface area (TPSA) is 237 Å². The number of hydrogen-bond donors (Lipinski definition) is 4. The van der Waals surface area contributed by atoms with E-state index in [1.54, 1.807) is 24.3 Å². The predicted octanol–water partition coefficient (Wildman–Crippen LogP) is 9.68. The van der Waals surface area contributed by atoms with Crippen molar-refractivity contribution in [1.29, 1.82) is 0 Å². The van der Waals surface area contributed by atoms with Crippen LogP contribution >= 0.6 is 69.6 Å². The van der Waals surface area contributed by atoms with Crippen molar-refractivity contribution in [3.05, 3.63) is 24.3 Å². The molecule has 4 rings (SSSR count). The van der Waals surface area contributed by atoms with Crippen molar-refractivity contribution in [3.8, 4) is 11.5 Å². The lowest BCUT2D eigenvalue weighted by molar-refractivity contribution is -0.372. The first kappa shape index (κ1) is 73.1. The number of ether oxygens (including phenoxy) is 15. The molecule has 0 saturated carbocycles. The summed E-state index contributed by atoms with van der Waals surface area (Å²) in [6, 6.07) is 4.11. The number of hydrogen-bond acceptors (Lipinski definition) is 19. The Kier molecular flexibility index (Phi) is 35.2. The van der Waals surface area contributed by atoms with Crippen LogP contribution in [0.4, 0.5) is 9.59 Å². The SMILES string of the molecule is CCCCOCC1O[C@@H](O[C@@H]2C(COCCCC)O[C@H](Oc3ccc(OC)cc3)C(O[C@@H]3OC(COCCCC)[C@@H](O)C(OCCCC)[C@@H]3NC(=O)OCC(Cl)(Cl)Cl)C2OCCCC)C(NC(=O)OCC(Cl)(Cl)Cl)C(OCCCC)[C@@H]1O. The molecule has 15 atom stereocenters. The second-order valence-electron chi connectivity index (χ2n) is 20.2. The Bertz CT molecular complexity index is 1880. The maximum atomic E-state index is 13.8. The third-order valence-corrected chi connectivity index (χ3v) is 14.0. The van der Waals surface area contributed by atoms with Gasteiger partial charge in [-0.25, -0.2) is 9.59 Å². The maximum absolute atomic E-state index is 13.8. The summed E-state index contributed by atoms with van der Waals surface area (Å²) in [5.74, 6) is 0.875. The minimum absolute atomic E-state index is 0.0854. The van der Waals surface area contributed by atoms with E-state index in [2.05, 4.69) is 10.6 Å². The molecule has 0 bridgehead atoms. The summed E-state index contributed by atoms with van der Waals surface area (Å²) in [6.07, 6.45) is -10.1. The van der Waals surface area contributed by atoms with Gasteiger partial charge in [-0.2, -0.15) is 0 Å². The fourth-order valence-electron chi connectivity index (χ4n) is 8.83. The van der Waals surface area contributed by atoms with E-state index >= 15 is 0 Å². The molecule has 3 fully saturated rings. The number of aliphatic hydroxyl groups is 2. The van der Waals surface area contributed by atoms with Crippen molar-refractivity contribution in [1.82, 2.24) is 10.6 Å². The number of rotatable bonds is 38. The Morgan fingerprint density at radius 2 is 0.841 bits per heavy atom. The number of methoxy groups -OCH3 is 1. The van der Waals surface area contributed by atoms with Crippen LogP contribution in [0, 0.1) is 0 Å². The highest BCUT2D eigenvalue weighted by atomic mass is 35.6. The standard InChI is InChI=1S/C55H90Cl6N2O19/c1-8-14-24-69-30-37-42(64)45(72-27-17-11-4)40(62-52(66)75-33-54(56,57)58)49(78-37)81-44-39(32-71-26-16-10-3)80-51(77-36-22-20-35(68-7)21-23-36)48(47(44)74-29-19-13-6)82-50-41(63-53(67)76-34-55(59,60)61)46(73-28-18-12-5)43(65)38(79-50)31-70-25-15-9-2/h20-23,37-51,64-65H,8-19,24-34H2,1-7H3,(H,62,66)(H,63,67)/t37?,38?,39?,40?,41-,42+,43+,44+,45?,46?,47?,48?,49-,50-,51-/m0/s1. The zero-order valence-corrected chi connectivity index (χ0v) is 52.9. The predicted molar refractivity (Wildman–Crippen MR) is 310 cm³/mol. The number of aliphatic hydroxyl groups excluding tert-OH is 2. The van der Waals surface area contributed by atoms with Crippen LogP contribution in [0.2, 0.25) is 0 Å². The molecule has 2 amide bonds. The minimum atomic E-state index is -1.97. The van der Waals surface area contributed by atoms with E-state index in [1.165, 1.54) is 7.11 Å². The fraction of sp³-hybridized carbons (Fsp3) is 0.855. The van der Waals surface area contributed by atoms with Crippen molar-refractivity contribution in [2.75, 3.05) is 79.8 Å². The summed E-state index contributed by atoms with van der Waals surface area (Å²) in [4.78, 5) is 27.6. The van der Waals surface area contributed by atoms with Gasteiger partial charge < -0.3 is 91.9 Å². The largest absolute Gasteiger partial charge is 0.497 e. The summed E-state index contributed by atoms with van der Waals surface area (Å²) in [7, 11) is 1.54. The molecule has 21 nitrogen and oxygen atoms in total. The van der Waals surface area contributed by atoms with Crippen LogP contribution in [-0.4, -0.2) is 202 Å². The summed E-state index contributed by atoms with van der Waals surface area (Å²) in [5, 5.41) is 29.8. The first-order valence-corrected chi connectivity index (χ1v) is 31.1. The van der Waals surface area contributed by atoms with Crippen LogP contribution in [0.25, 0.3) is 0 Å². The molecule has 3 aliphatic heterocycles. The first-order valence-electron chi connectivity index (χ1n) is 28.8. The number of carbonyl (C=O) groups excluding carboxylic acids is 2. The normalized spacial score (nSPS) is 28.8. The highest BCUT2D eigenvalue weighted by Crippen LogP contribution is 2.38. The van der Waals surface area contributed by atoms with E-state index in [9.17, 15) is 19.8 Å². The molecule has 4 N–H and O–H groups in total. The van der Waals surface area contributed by atoms with Crippen molar-refractivity contribution < 1.29 is 90.9 Å². The van der Waals surface area contributed by atoms with Gasteiger partial charge in [0.15, 0.2) is 18.7 Å². The third-order valence-electron chi connectivity index (χ3n) is 13.3. The van der Waals surface area contributed by atoms with E-state index < -0.39 is 125 Å². The van der Waals surface area contributed by atoms with Crippen LogP contribution in [0.5, 0.6) is 11.5 Å². The van der Waals surface area contributed by atoms with Gasteiger partial charge in [-0.15, -0.1) is 0 Å². The molecule has 1 aromatic carbocycles. The lowest BCUT2D eigenvalue weighted by Gasteiger charge is -2.51. The molecule has 0 radical (unpaired) electrons. The summed E-state index contributed by atoms with van der Waals surface area (Å²) >= 11 is 36.1. The van der Waals surface area contributed by atoms with Crippen LogP contribution in [0.1, 0.15) is 119 Å². The Morgan fingerprint density at radius 1 is 0.488 bits per heavy atom. The van der Waals surface area contributed by atoms with Gasteiger partial charge in [-0.05, 0) is 62.8 Å². The molecule has 82 heavy (non-hydrogen) atoms. The average Bonchev–Trinajstić information content (AvgIpc) is 2.30. The molecule has 0 spiro atoms. The molecule has 3 aliphatic rings. The van der Waals surface area contributed by atoms with E-state index in [4.69, 9.17) is 141 Å². The van der Waals surface area contributed by atoms with Gasteiger partial charge in [0, 0.05) is 39.6 Å². The van der Waals surface area contributed by atoms with Gasteiger partial charge in [0.1, 0.15) is 91.7 Å². The highest BCUT2D eigenvalue weighted by Gasteiger charge is 2.57. The molecule has 1 aromatic rings. The lowest BCUT2D eigenvalue weighted by atomic mass is 9.94. The van der Waals surface area contributed by atoms with Crippen molar-refractivity contribution in [2.45, 2.75) is 218 Å². The van der Waals surface area contributed by atoms with E-state index in [0.717, 1.165) is 44.9 Å². The quantitative estimate of drug-likeness (QED) is 0.0356. The Morgan fingerprint density at radius 3 is 1.23 bits per heavy atom. The number of amides is 2. The molecular weight excluding hydrogens is 1210 g/mol. The van der Waals surface area contributed by atoms with E-state index in [-0.39, 0.29) is 39.6 Å². The average molecular weight is 1300 g/mol. The van der Waals surface area contributed by atoms with Gasteiger partial charge in [-0.3, -0.25) is 0 Å². The van der Waals surface area contributed by atoms with Crippen LogP contribution in [0.3, 0.4) is 0 Å². The second kappa shape index (κ2) is 39.5. The summed E-state index contributed by atoms with van der Waals surface area (Å²) < 4.78 is 92.0. The zero-order chi connectivity index (χ0) is 60.1. The maximum Gasteiger partial charge on any atom is 0.407 e. The first-order chi connectivity index (χ1) is 39.3. The Labute approximate surface area is 514 Å². The van der Waals surface area contributed by atoms with E-state index in [1.807, 2.05) is 41.5 Å². The highest BCUT2D eigenvalue weighted by molar-refractivity contribution is 6.68. The molecule has 0 aliphatic carbocycles. The van der Waals surface area contributed by atoms with Gasteiger partial charge in [-0.1, -0.05) is 150 Å². The number of nitrogens with one attached hydrogen (secondary N) is 2. The number of halogens is 6. The monoisotopic (exact) mass is 1290 g/mol. The molecule has 27 heteroatoms. The molecule has 3 heterocycles. The molecule has 0 aromatic heterocycles. The van der Waals surface area contributed by atoms with Gasteiger partial charge in [0.05, 0.1) is 26.9 Å². The molecular formula is C55H90Cl6N2O19. The zero-order valence-electron chi connectivity index (χ0n) is 48.3. The smallest absolute Gasteiger partial charge is 0.407 e. The number of carbonyl (C=O) groups is 2. The van der Waals surface area contributed by atoms with Crippen molar-refractivity contribution in [3.63, 3.8) is 0 Å². The summed E-state index contributed by atoms with van der Waals surface area (Å²) in [6.45, 7) is 12.0. The minimum Gasteiger partial charge on any atom is -0.497 e. The van der Waals surface area contributed by atoms with Gasteiger partial charge in [0.25, 0.3) is 0 Å². The van der Waals surface area contributed by atoms with Crippen LogP contribution in [-0.2, 0) is 61.6 Å². The van der Waals surface area contributed by atoms with Gasteiger partial charge >= 0.3 is 12.2 Å². The van der Waals surface area contributed by atoms with Crippen LogP contribution < -0.4 is 20.1 Å². The molecule has 476 valence electrons. The molecule has 8 unspecified atom stereocenters. The molecule has 3 saturated heterocycles. The number of unbranched alkanes of at least 4 members (excludes halogenated alkanes) is 6. The van der Waals surface area contributed by atoms with Gasteiger partial charge in [0.2, 0.25) is 13.9 Å². The Balaban J connectivity index is 1.99. The summed E-state index contributed by atoms with van der Waals surface area (Å²) in [5.41, 5.74) is 0. The van der Waals surface area contributed by atoms with Crippen molar-refractivity contribution in [2.24, 2.45) is 0 Å². The number of benzene rings is 1. The number of alkyl carbamates (subject to hydrolysis) is 2. The lowest BCUT2D eigenvalue weighted by Crippen LogP contribution is -2.70. The number of alkyl halides is 6.